The van der Waals surface area contributed by atoms with Crippen LogP contribution in [-0.4, -0.2) is 24.8 Å². The van der Waals surface area contributed by atoms with Crippen molar-refractivity contribution in [1.82, 2.24) is 7.94 Å². The number of nitrogens with zero attached hydrogens (tertiary/aromatic N) is 2. The van der Waals surface area contributed by atoms with Crippen LogP contribution in [0.4, 0.5) is 0 Å². The summed E-state index contributed by atoms with van der Waals surface area (Å²) < 4.78 is 54.2. The van der Waals surface area contributed by atoms with E-state index in [4.69, 9.17) is 0 Å². The molecule has 0 atom stereocenters. The largest absolute Gasteiger partial charge is 0.356 e. The molecular formula is C23H16N2O5S2. The van der Waals surface area contributed by atoms with Gasteiger partial charge in [0, 0.05) is 23.2 Å². The fourth-order valence-corrected chi connectivity index (χ4v) is 6.69. The molecule has 1 aromatic heterocycles. The van der Waals surface area contributed by atoms with Crippen LogP contribution >= 0.6 is 0 Å². The van der Waals surface area contributed by atoms with E-state index in [9.17, 15) is 21.6 Å². The topological polar surface area (TPSA) is 95.2 Å². The lowest BCUT2D eigenvalue weighted by atomic mass is 10.1. The minimum atomic E-state index is -4.34. The third-order valence-corrected chi connectivity index (χ3v) is 8.70. The van der Waals surface area contributed by atoms with E-state index in [-0.39, 0.29) is 9.79 Å². The van der Waals surface area contributed by atoms with E-state index in [0.29, 0.717) is 29.5 Å². The van der Waals surface area contributed by atoms with Crippen LogP contribution < -0.4 is 5.69 Å². The highest BCUT2D eigenvalue weighted by Crippen LogP contribution is 2.26. The Balaban J connectivity index is 1.70. The third-order valence-electron chi connectivity index (χ3n) is 5.29. The summed E-state index contributed by atoms with van der Waals surface area (Å²) in [7, 11) is -8.68. The van der Waals surface area contributed by atoms with Crippen LogP contribution in [0.15, 0.2) is 112 Å². The molecule has 7 nitrogen and oxygen atoms in total. The van der Waals surface area contributed by atoms with E-state index < -0.39 is 25.7 Å². The summed E-state index contributed by atoms with van der Waals surface area (Å²) in [6.45, 7) is 0. The second kappa shape index (κ2) is 7.18. The molecule has 0 saturated carbocycles. The molecule has 0 spiro atoms. The molecule has 0 unspecified atom stereocenters. The van der Waals surface area contributed by atoms with Gasteiger partial charge in [-0.25, -0.2) is 21.6 Å². The molecule has 0 amide bonds. The van der Waals surface area contributed by atoms with E-state index in [1.807, 2.05) is 0 Å². The average Bonchev–Trinajstić information content (AvgIpc) is 3.21. The molecule has 0 bridgehead atoms. The minimum absolute atomic E-state index is 0.0852. The first-order chi connectivity index (χ1) is 15.3. The molecule has 0 saturated heterocycles. The van der Waals surface area contributed by atoms with Gasteiger partial charge < -0.3 is 0 Å². The Morgan fingerprint density at radius 1 is 0.500 bits per heavy atom. The number of hydrogen-bond acceptors (Lipinski definition) is 5. The second-order valence-corrected chi connectivity index (χ2v) is 10.7. The van der Waals surface area contributed by atoms with Crippen molar-refractivity contribution in [1.29, 1.82) is 0 Å². The van der Waals surface area contributed by atoms with E-state index >= 15 is 0 Å². The van der Waals surface area contributed by atoms with Gasteiger partial charge in [0.2, 0.25) is 0 Å². The zero-order valence-electron chi connectivity index (χ0n) is 16.5. The van der Waals surface area contributed by atoms with Gasteiger partial charge in [0.1, 0.15) is 0 Å². The van der Waals surface area contributed by atoms with Gasteiger partial charge in [-0.2, -0.15) is 7.94 Å². The standard InChI is InChI=1S/C23H16N2O5S2/c26-23-24(31(27,28)21-13-5-9-17-7-1-3-11-19(17)21)15-16-25(23)32(29,30)22-14-6-10-18-8-2-4-12-20(18)22/h1-16H. The molecule has 32 heavy (non-hydrogen) atoms. The maximum atomic E-state index is 13.3. The summed E-state index contributed by atoms with van der Waals surface area (Å²) >= 11 is 0. The summed E-state index contributed by atoms with van der Waals surface area (Å²) in [4.78, 5) is 12.9. The summed E-state index contributed by atoms with van der Waals surface area (Å²) in [5.41, 5.74) is -1.19. The Bertz CT molecular complexity index is 1640. The molecule has 160 valence electrons. The fraction of sp³-hybridized carbons (Fsp3) is 0. The molecule has 4 aromatic carbocycles. The number of fused-ring (bicyclic) bond motifs is 2. The maximum Gasteiger partial charge on any atom is 0.356 e. The molecule has 5 rings (SSSR count). The average molecular weight is 465 g/mol. The van der Waals surface area contributed by atoms with Gasteiger partial charge in [-0.05, 0) is 22.9 Å². The first kappa shape index (κ1) is 20.2. The normalized spacial score (nSPS) is 12.4. The zero-order valence-corrected chi connectivity index (χ0v) is 18.1. The van der Waals surface area contributed by atoms with E-state index in [2.05, 4.69) is 0 Å². The lowest BCUT2D eigenvalue weighted by molar-refractivity contribution is 0.582. The SMILES string of the molecule is O=c1n(S(=O)(=O)c2cccc3ccccc23)ccn1S(=O)(=O)c1cccc2ccccc12. The fourth-order valence-electron chi connectivity index (χ4n) is 3.76. The van der Waals surface area contributed by atoms with Crippen LogP contribution in [0.5, 0.6) is 0 Å². The molecule has 0 N–H and O–H groups in total. The van der Waals surface area contributed by atoms with Gasteiger partial charge >= 0.3 is 5.69 Å². The van der Waals surface area contributed by atoms with Gasteiger partial charge in [0.05, 0.1) is 9.79 Å². The number of benzene rings is 4. The summed E-state index contributed by atoms with van der Waals surface area (Å²) in [5, 5.41) is 2.24. The van der Waals surface area contributed by atoms with Crippen molar-refractivity contribution in [3.05, 3.63) is 108 Å². The van der Waals surface area contributed by atoms with Crippen molar-refractivity contribution in [2.75, 3.05) is 0 Å². The van der Waals surface area contributed by atoms with Crippen LogP contribution in [0, 0.1) is 0 Å². The van der Waals surface area contributed by atoms with Crippen LogP contribution in [-0.2, 0) is 20.0 Å². The molecule has 0 aliphatic rings. The van der Waals surface area contributed by atoms with Gasteiger partial charge in [-0.1, -0.05) is 72.8 Å². The molecule has 9 heteroatoms. The third kappa shape index (κ3) is 2.97. The Morgan fingerprint density at radius 2 is 0.875 bits per heavy atom. The Kier molecular flexibility index (Phi) is 4.54. The molecule has 0 fully saturated rings. The van der Waals surface area contributed by atoms with Crippen molar-refractivity contribution in [3.63, 3.8) is 0 Å². The predicted molar refractivity (Wildman–Crippen MR) is 122 cm³/mol. The molecule has 0 aliphatic carbocycles. The molecule has 0 aliphatic heterocycles. The molecule has 0 radical (unpaired) electrons. The highest BCUT2D eigenvalue weighted by molar-refractivity contribution is 7.91. The lowest BCUT2D eigenvalue weighted by Crippen LogP contribution is -2.32. The highest BCUT2D eigenvalue weighted by Gasteiger charge is 2.28. The van der Waals surface area contributed by atoms with Crippen LogP contribution in [0.2, 0.25) is 0 Å². The Morgan fingerprint density at radius 3 is 1.31 bits per heavy atom. The lowest BCUT2D eigenvalue weighted by Gasteiger charge is -2.09. The van der Waals surface area contributed by atoms with Gasteiger partial charge in [-0.15, -0.1) is 0 Å². The highest BCUT2D eigenvalue weighted by atomic mass is 32.2. The number of aromatic nitrogens is 2. The summed E-state index contributed by atoms with van der Waals surface area (Å²) in [5.74, 6) is 0. The van der Waals surface area contributed by atoms with Gasteiger partial charge in [0.25, 0.3) is 20.0 Å². The van der Waals surface area contributed by atoms with Crippen molar-refractivity contribution >= 4 is 41.6 Å². The van der Waals surface area contributed by atoms with E-state index in [0.717, 1.165) is 12.4 Å². The summed E-state index contributed by atoms with van der Waals surface area (Å²) in [6.07, 6.45) is 1.92. The van der Waals surface area contributed by atoms with Gasteiger partial charge in [-0.3, -0.25) is 0 Å². The van der Waals surface area contributed by atoms with Crippen LogP contribution in [0.25, 0.3) is 21.5 Å². The predicted octanol–water partition coefficient (Wildman–Crippen LogP) is 3.43. The van der Waals surface area contributed by atoms with Crippen LogP contribution in [0.1, 0.15) is 0 Å². The Labute approximate surface area is 183 Å². The minimum Gasteiger partial charge on any atom is -0.245 e. The van der Waals surface area contributed by atoms with E-state index in [1.165, 1.54) is 12.1 Å². The first-order valence-electron chi connectivity index (χ1n) is 9.58. The van der Waals surface area contributed by atoms with Crippen molar-refractivity contribution < 1.29 is 16.8 Å². The first-order valence-corrected chi connectivity index (χ1v) is 12.5. The Hall–Kier alpha value is -3.69. The van der Waals surface area contributed by atoms with Gasteiger partial charge in [0.15, 0.2) is 0 Å². The molecule has 1 heterocycles. The zero-order chi connectivity index (χ0) is 22.5. The van der Waals surface area contributed by atoms with Crippen molar-refractivity contribution in [3.8, 4) is 0 Å². The quantitative estimate of drug-likeness (QED) is 0.406. The maximum absolute atomic E-state index is 13.3. The van der Waals surface area contributed by atoms with Crippen molar-refractivity contribution in [2.45, 2.75) is 9.79 Å². The second-order valence-electron chi connectivity index (χ2n) is 7.14. The number of imidazole rings is 1. The van der Waals surface area contributed by atoms with Crippen molar-refractivity contribution in [2.24, 2.45) is 0 Å². The monoisotopic (exact) mass is 464 g/mol. The smallest absolute Gasteiger partial charge is 0.245 e. The summed E-state index contributed by atoms with van der Waals surface area (Å²) in [6, 6.07) is 23.2. The molecule has 5 aromatic rings. The number of rotatable bonds is 4. The van der Waals surface area contributed by atoms with Crippen LogP contribution in [0.3, 0.4) is 0 Å². The van der Waals surface area contributed by atoms with E-state index in [1.54, 1.807) is 72.8 Å². The molecular weight excluding hydrogens is 448 g/mol. The number of hydrogen-bond donors (Lipinski definition) is 0.